The highest BCUT2D eigenvalue weighted by molar-refractivity contribution is 6.07. The zero-order valence-electron chi connectivity index (χ0n) is 17.2. The number of nitrogens with one attached hydrogen (secondary N) is 1. The van der Waals surface area contributed by atoms with Crippen molar-refractivity contribution in [3.8, 4) is 11.3 Å². The first-order valence-corrected chi connectivity index (χ1v) is 10.9. The molecule has 3 aromatic rings. The molecule has 5 rings (SSSR count). The number of fused-ring (bicyclic) bond motifs is 3. The van der Waals surface area contributed by atoms with Crippen LogP contribution in [0.3, 0.4) is 0 Å². The molecule has 0 aliphatic heterocycles. The molecule has 1 amide bonds. The number of hydrogen-bond acceptors (Lipinski definition) is 2. The van der Waals surface area contributed by atoms with Crippen molar-refractivity contribution >= 4 is 16.8 Å². The monoisotopic (exact) mass is 384 g/mol. The summed E-state index contributed by atoms with van der Waals surface area (Å²) in [5, 5.41) is 4.25. The van der Waals surface area contributed by atoms with Gasteiger partial charge < -0.3 is 5.32 Å². The molecular weight excluding hydrogens is 356 g/mol. The normalized spacial score (nSPS) is 24.0. The van der Waals surface area contributed by atoms with E-state index in [4.69, 9.17) is 4.98 Å². The van der Waals surface area contributed by atoms with E-state index < -0.39 is 0 Å². The van der Waals surface area contributed by atoms with E-state index in [0.29, 0.717) is 5.92 Å². The number of carbonyl (C=O) groups is 1. The molecule has 3 nitrogen and oxygen atoms in total. The molecule has 2 bridgehead atoms. The Kier molecular flexibility index (Phi) is 4.61. The van der Waals surface area contributed by atoms with Crippen molar-refractivity contribution in [3.63, 3.8) is 0 Å². The first kappa shape index (κ1) is 18.4. The second-order valence-electron chi connectivity index (χ2n) is 9.04. The molecule has 1 heterocycles. The van der Waals surface area contributed by atoms with Gasteiger partial charge in [-0.2, -0.15) is 0 Å². The highest BCUT2D eigenvalue weighted by Crippen LogP contribution is 2.49. The van der Waals surface area contributed by atoms with E-state index in [1.54, 1.807) is 0 Å². The SMILES string of the molecule is Cc1ccc(-c2cc(C(=O)N[C@H](C)[C@@H]3C[C@H]4CC[C@H]3C4)c3ccccc3n2)cc1. The Hall–Kier alpha value is -2.68. The van der Waals surface area contributed by atoms with Crippen molar-refractivity contribution in [2.24, 2.45) is 17.8 Å². The third-order valence-electron chi connectivity index (χ3n) is 7.10. The number of benzene rings is 2. The second-order valence-corrected chi connectivity index (χ2v) is 9.04. The van der Waals surface area contributed by atoms with Crippen LogP contribution < -0.4 is 5.32 Å². The molecule has 3 heteroatoms. The quantitative estimate of drug-likeness (QED) is 0.621. The maximum Gasteiger partial charge on any atom is 0.252 e. The minimum Gasteiger partial charge on any atom is -0.349 e. The van der Waals surface area contributed by atoms with E-state index in [0.717, 1.165) is 39.6 Å². The number of amides is 1. The number of nitrogens with zero attached hydrogens (tertiary/aromatic N) is 1. The molecule has 2 aliphatic carbocycles. The Morgan fingerprint density at radius 1 is 1.07 bits per heavy atom. The molecule has 0 spiro atoms. The van der Waals surface area contributed by atoms with Crippen LogP contribution in [0, 0.1) is 24.7 Å². The summed E-state index contributed by atoms with van der Waals surface area (Å²) in [7, 11) is 0. The van der Waals surface area contributed by atoms with Gasteiger partial charge in [-0.25, -0.2) is 4.98 Å². The number of hydrogen-bond donors (Lipinski definition) is 1. The van der Waals surface area contributed by atoms with Gasteiger partial charge in [-0.3, -0.25) is 4.79 Å². The van der Waals surface area contributed by atoms with Gasteiger partial charge in [-0.15, -0.1) is 0 Å². The summed E-state index contributed by atoms with van der Waals surface area (Å²) in [5.41, 5.74) is 4.69. The zero-order valence-corrected chi connectivity index (χ0v) is 17.2. The molecule has 29 heavy (non-hydrogen) atoms. The van der Waals surface area contributed by atoms with Gasteiger partial charge in [0.05, 0.1) is 16.8 Å². The number of carbonyl (C=O) groups excluding carboxylic acids is 1. The third kappa shape index (κ3) is 3.43. The lowest BCUT2D eigenvalue weighted by Gasteiger charge is -2.28. The Morgan fingerprint density at radius 3 is 2.59 bits per heavy atom. The molecule has 0 radical (unpaired) electrons. The van der Waals surface area contributed by atoms with Gasteiger partial charge >= 0.3 is 0 Å². The van der Waals surface area contributed by atoms with Gasteiger partial charge in [0.1, 0.15) is 0 Å². The maximum absolute atomic E-state index is 13.3. The molecule has 2 saturated carbocycles. The van der Waals surface area contributed by atoms with Crippen molar-refractivity contribution < 1.29 is 4.79 Å². The predicted octanol–water partition coefficient (Wildman–Crippen LogP) is 5.76. The van der Waals surface area contributed by atoms with Crippen LogP contribution in [0.4, 0.5) is 0 Å². The first-order chi connectivity index (χ1) is 14.1. The lowest BCUT2D eigenvalue weighted by molar-refractivity contribution is 0.0917. The van der Waals surface area contributed by atoms with Crippen LogP contribution >= 0.6 is 0 Å². The minimum absolute atomic E-state index is 0.0206. The van der Waals surface area contributed by atoms with Crippen LogP contribution in [0.1, 0.15) is 48.5 Å². The maximum atomic E-state index is 13.3. The standard InChI is InChI=1S/C26H28N2O/c1-16-7-10-19(11-8-16)25-15-23(21-5-3-4-6-24(21)28-25)26(29)27-17(2)22-14-18-9-12-20(22)13-18/h3-8,10-11,15,17-18,20,22H,9,12-14H2,1-2H3,(H,27,29)/t17-,18+,20+,22+/m1/s1. The van der Waals surface area contributed by atoms with E-state index in [2.05, 4.69) is 43.4 Å². The molecule has 0 unspecified atom stereocenters. The molecule has 148 valence electrons. The molecule has 4 atom stereocenters. The molecule has 1 N–H and O–H groups in total. The van der Waals surface area contributed by atoms with Crippen LogP contribution in [0.5, 0.6) is 0 Å². The van der Waals surface area contributed by atoms with E-state index in [1.807, 2.05) is 30.3 Å². The number of aromatic nitrogens is 1. The van der Waals surface area contributed by atoms with Crippen molar-refractivity contribution in [2.45, 2.75) is 45.6 Å². The number of aryl methyl sites for hydroxylation is 1. The van der Waals surface area contributed by atoms with E-state index in [-0.39, 0.29) is 11.9 Å². The molecule has 0 saturated heterocycles. The Bertz CT molecular complexity index is 1060. The molecule has 2 fully saturated rings. The largest absolute Gasteiger partial charge is 0.349 e. The van der Waals surface area contributed by atoms with Gasteiger partial charge in [-0.05, 0) is 63.0 Å². The number of pyridine rings is 1. The van der Waals surface area contributed by atoms with Gasteiger partial charge in [0.2, 0.25) is 0 Å². The van der Waals surface area contributed by atoms with Gasteiger partial charge in [-0.1, -0.05) is 54.4 Å². The third-order valence-corrected chi connectivity index (χ3v) is 7.10. The summed E-state index contributed by atoms with van der Waals surface area (Å²) in [6, 6.07) is 18.4. The average molecular weight is 385 g/mol. The topological polar surface area (TPSA) is 42.0 Å². The lowest BCUT2D eigenvalue weighted by Crippen LogP contribution is -2.40. The fourth-order valence-corrected chi connectivity index (χ4v) is 5.53. The first-order valence-electron chi connectivity index (χ1n) is 10.9. The van der Waals surface area contributed by atoms with Crippen LogP contribution in [0.2, 0.25) is 0 Å². The smallest absolute Gasteiger partial charge is 0.252 e. The summed E-state index contributed by atoms with van der Waals surface area (Å²) in [5.74, 6) is 2.33. The van der Waals surface area contributed by atoms with Crippen LogP contribution in [-0.2, 0) is 0 Å². The Morgan fingerprint density at radius 2 is 1.86 bits per heavy atom. The van der Waals surface area contributed by atoms with Crippen LogP contribution in [0.15, 0.2) is 54.6 Å². The summed E-state index contributed by atoms with van der Waals surface area (Å²) < 4.78 is 0. The number of para-hydroxylation sites is 1. The van der Waals surface area contributed by atoms with Gasteiger partial charge in [0, 0.05) is 17.0 Å². The molecule has 2 aliphatic rings. The van der Waals surface area contributed by atoms with Crippen molar-refractivity contribution in [2.75, 3.05) is 0 Å². The highest BCUT2D eigenvalue weighted by Gasteiger charge is 2.42. The summed E-state index contributed by atoms with van der Waals surface area (Å²) in [4.78, 5) is 18.2. The minimum atomic E-state index is 0.0206. The van der Waals surface area contributed by atoms with E-state index in [9.17, 15) is 4.79 Å². The Labute approximate surface area is 172 Å². The van der Waals surface area contributed by atoms with Crippen molar-refractivity contribution in [1.29, 1.82) is 0 Å². The fourth-order valence-electron chi connectivity index (χ4n) is 5.53. The second kappa shape index (κ2) is 7.29. The lowest BCUT2D eigenvalue weighted by atomic mass is 9.84. The van der Waals surface area contributed by atoms with E-state index in [1.165, 1.54) is 31.2 Å². The van der Waals surface area contributed by atoms with Gasteiger partial charge in [0.25, 0.3) is 5.91 Å². The zero-order chi connectivity index (χ0) is 20.0. The van der Waals surface area contributed by atoms with Gasteiger partial charge in [0.15, 0.2) is 0 Å². The predicted molar refractivity (Wildman–Crippen MR) is 118 cm³/mol. The Balaban J connectivity index is 1.47. The summed E-state index contributed by atoms with van der Waals surface area (Å²) in [6.45, 7) is 4.26. The summed E-state index contributed by atoms with van der Waals surface area (Å²) in [6.07, 6.45) is 5.36. The number of rotatable bonds is 4. The summed E-state index contributed by atoms with van der Waals surface area (Å²) >= 11 is 0. The van der Waals surface area contributed by atoms with Crippen molar-refractivity contribution in [1.82, 2.24) is 10.3 Å². The average Bonchev–Trinajstić information content (AvgIpc) is 3.37. The highest BCUT2D eigenvalue weighted by atomic mass is 16.1. The fraction of sp³-hybridized carbons (Fsp3) is 0.385. The molecule has 2 aromatic carbocycles. The molecular formula is C26H28N2O. The molecule has 1 aromatic heterocycles. The van der Waals surface area contributed by atoms with Crippen molar-refractivity contribution in [3.05, 3.63) is 65.7 Å². The van der Waals surface area contributed by atoms with E-state index >= 15 is 0 Å². The van der Waals surface area contributed by atoms with Crippen LogP contribution in [-0.4, -0.2) is 16.9 Å². The van der Waals surface area contributed by atoms with Crippen LogP contribution in [0.25, 0.3) is 22.2 Å².